The molecule has 2 N–H and O–H groups in total. The summed E-state index contributed by atoms with van der Waals surface area (Å²) in [5.74, 6) is -0.248. The molecule has 5 rings (SSSR count). The Morgan fingerprint density at radius 2 is 1.73 bits per heavy atom. The maximum Gasteiger partial charge on any atom is 0.259 e. The number of hydrogen-bond acceptors (Lipinski definition) is 5. The third-order valence-electron chi connectivity index (χ3n) is 6.41. The molecule has 1 aliphatic rings. The number of nitrogens with one attached hydrogen (secondary N) is 2. The molecule has 4 aromatic rings. The van der Waals surface area contributed by atoms with E-state index < -0.39 is 11.8 Å². The quantitative estimate of drug-likeness (QED) is 0.241. The summed E-state index contributed by atoms with van der Waals surface area (Å²) in [7, 11) is 5.65. The summed E-state index contributed by atoms with van der Waals surface area (Å²) < 4.78 is 11.1. The van der Waals surface area contributed by atoms with Gasteiger partial charge in [0.2, 0.25) is 0 Å². The molecule has 0 bridgehead atoms. The maximum atomic E-state index is 13.3. The highest BCUT2D eigenvalue weighted by atomic mass is 35.5. The average molecular weight is 518 g/mol. The maximum absolute atomic E-state index is 13.3. The van der Waals surface area contributed by atoms with Gasteiger partial charge in [0.15, 0.2) is 0 Å². The minimum absolute atomic E-state index is 0.273. The predicted molar refractivity (Wildman–Crippen MR) is 147 cm³/mol. The van der Waals surface area contributed by atoms with Gasteiger partial charge >= 0.3 is 0 Å². The Kier molecular flexibility index (Phi) is 7.02. The Morgan fingerprint density at radius 1 is 0.946 bits per heavy atom. The van der Waals surface area contributed by atoms with E-state index in [-0.39, 0.29) is 5.57 Å². The van der Waals surface area contributed by atoms with E-state index in [0.717, 1.165) is 40.2 Å². The lowest BCUT2D eigenvalue weighted by molar-refractivity contribution is -0.122. The van der Waals surface area contributed by atoms with Crippen LogP contribution in [-0.4, -0.2) is 56.1 Å². The van der Waals surface area contributed by atoms with Crippen molar-refractivity contribution in [1.29, 1.82) is 0 Å². The molecule has 190 valence electrons. The fourth-order valence-corrected chi connectivity index (χ4v) is 5.11. The molecule has 37 heavy (non-hydrogen) atoms. The molecule has 1 aromatic heterocycles. The number of rotatable bonds is 9. The van der Waals surface area contributed by atoms with Crippen molar-refractivity contribution in [3.63, 3.8) is 0 Å². The van der Waals surface area contributed by atoms with E-state index in [4.69, 9.17) is 21.1 Å². The van der Waals surface area contributed by atoms with Crippen LogP contribution < -0.4 is 10.1 Å². The highest BCUT2D eigenvalue weighted by molar-refractivity contribution is 6.52. The standard InChI is InChI=1S/C29H28ClN3O4/c1-33(2)16-17-8-9-18-10-11-22(30)24(20(18)14-17)26-25(28(34)32-29(26)35)21-15-31-27-19(21)6-4-7-23(27)37-13-5-12-36-3/h4,6-11,14-15,31H,5,12-13,16H2,1-3H3,(H,32,34,35). The zero-order chi connectivity index (χ0) is 26.1. The number of carbonyl (C=O) groups is 2. The fourth-order valence-electron chi connectivity index (χ4n) is 4.85. The highest BCUT2D eigenvalue weighted by Gasteiger charge is 2.35. The van der Waals surface area contributed by atoms with Crippen LogP contribution in [0, 0.1) is 0 Å². The van der Waals surface area contributed by atoms with E-state index in [0.29, 0.717) is 40.7 Å². The first-order chi connectivity index (χ1) is 17.9. The smallest absolute Gasteiger partial charge is 0.259 e. The molecule has 0 saturated heterocycles. The largest absolute Gasteiger partial charge is 0.491 e. The van der Waals surface area contributed by atoms with Gasteiger partial charge in [0, 0.05) is 54.4 Å². The number of carbonyl (C=O) groups excluding carboxylic acids is 2. The first-order valence-corrected chi connectivity index (χ1v) is 12.4. The Hall–Kier alpha value is -3.65. The number of imide groups is 1. The lowest BCUT2D eigenvalue weighted by Gasteiger charge is -2.14. The molecule has 1 aliphatic heterocycles. The van der Waals surface area contributed by atoms with Crippen LogP contribution in [-0.2, 0) is 20.9 Å². The molecule has 0 unspecified atom stereocenters. The molecule has 2 amide bonds. The number of benzene rings is 3. The normalized spacial score (nSPS) is 13.9. The number of para-hydroxylation sites is 1. The van der Waals surface area contributed by atoms with E-state index in [1.807, 2.05) is 50.5 Å². The number of aromatic amines is 1. The number of halogens is 1. The Balaban J connectivity index is 1.69. The van der Waals surface area contributed by atoms with Gasteiger partial charge in [0.1, 0.15) is 5.75 Å². The zero-order valence-corrected chi connectivity index (χ0v) is 21.7. The molecule has 0 aliphatic carbocycles. The van der Waals surface area contributed by atoms with Crippen molar-refractivity contribution in [2.75, 3.05) is 34.4 Å². The van der Waals surface area contributed by atoms with Gasteiger partial charge in [-0.3, -0.25) is 14.9 Å². The van der Waals surface area contributed by atoms with E-state index in [1.54, 1.807) is 19.4 Å². The Bertz CT molecular complexity index is 1550. The summed E-state index contributed by atoms with van der Waals surface area (Å²) in [6.45, 7) is 1.83. The SMILES string of the molecule is COCCCOc1cccc2c(C3=C(c4c(Cl)ccc5ccc(CN(C)C)cc45)C(=O)NC3=O)c[nH]c12. The molecular formula is C29H28ClN3O4. The van der Waals surface area contributed by atoms with Gasteiger partial charge in [-0.15, -0.1) is 0 Å². The topological polar surface area (TPSA) is 83.7 Å². The molecule has 3 aromatic carbocycles. The van der Waals surface area contributed by atoms with Gasteiger partial charge in [-0.2, -0.15) is 0 Å². The predicted octanol–water partition coefficient (Wildman–Crippen LogP) is 5.02. The van der Waals surface area contributed by atoms with Crippen LogP contribution in [0.25, 0.3) is 32.8 Å². The highest BCUT2D eigenvalue weighted by Crippen LogP contribution is 2.41. The van der Waals surface area contributed by atoms with Gasteiger partial charge in [-0.25, -0.2) is 0 Å². The number of amides is 2. The van der Waals surface area contributed by atoms with E-state index >= 15 is 0 Å². The summed E-state index contributed by atoms with van der Waals surface area (Å²) in [6, 6.07) is 15.5. The Labute approximate surface area is 220 Å². The number of ether oxygens (including phenoxy) is 2. The van der Waals surface area contributed by atoms with Crippen LogP contribution >= 0.6 is 11.6 Å². The van der Waals surface area contributed by atoms with Crippen LogP contribution in [0.15, 0.2) is 54.7 Å². The van der Waals surface area contributed by atoms with Crippen molar-refractivity contribution in [2.45, 2.75) is 13.0 Å². The second-order valence-electron chi connectivity index (χ2n) is 9.32. The molecule has 8 heteroatoms. The summed E-state index contributed by atoms with van der Waals surface area (Å²) in [6.07, 6.45) is 2.50. The van der Waals surface area contributed by atoms with Gasteiger partial charge < -0.3 is 19.4 Å². The number of fused-ring (bicyclic) bond motifs is 2. The summed E-state index contributed by atoms with van der Waals surface area (Å²) in [5, 5.41) is 5.45. The van der Waals surface area contributed by atoms with Crippen molar-refractivity contribution in [3.05, 3.63) is 76.4 Å². The molecule has 0 saturated carbocycles. The molecule has 0 atom stereocenters. The minimum Gasteiger partial charge on any atom is -0.491 e. The molecule has 7 nitrogen and oxygen atoms in total. The van der Waals surface area contributed by atoms with E-state index in [9.17, 15) is 9.59 Å². The summed E-state index contributed by atoms with van der Waals surface area (Å²) in [4.78, 5) is 31.8. The summed E-state index contributed by atoms with van der Waals surface area (Å²) >= 11 is 6.73. The van der Waals surface area contributed by atoms with Crippen molar-refractivity contribution >= 4 is 56.2 Å². The van der Waals surface area contributed by atoms with Crippen LogP contribution in [0.5, 0.6) is 5.75 Å². The molecule has 2 heterocycles. The van der Waals surface area contributed by atoms with Gasteiger partial charge in [-0.05, 0) is 48.6 Å². The van der Waals surface area contributed by atoms with Crippen molar-refractivity contribution in [2.24, 2.45) is 0 Å². The second-order valence-corrected chi connectivity index (χ2v) is 9.73. The molecule has 0 radical (unpaired) electrons. The van der Waals surface area contributed by atoms with Gasteiger partial charge in [0.25, 0.3) is 11.8 Å². The van der Waals surface area contributed by atoms with E-state index in [1.165, 1.54) is 0 Å². The second kappa shape index (κ2) is 10.4. The first kappa shape index (κ1) is 25.0. The molecular weight excluding hydrogens is 490 g/mol. The molecule has 0 fully saturated rings. The average Bonchev–Trinajstić information content (AvgIpc) is 3.41. The number of methoxy groups -OCH3 is 1. The van der Waals surface area contributed by atoms with Gasteiger partial charge in [-0.1, -0.05) is 41.9 Å². The van der Waals surface area contributed by atoms with Crippen LogP contribution in [0.4, 0.5) is 0 Å². The minimum atomic E-state index is -0.464. The van der Waals surface area contributed by atoms with Crippen LogP contribution in [0.1, 0.15) is 23.1 Å². The van der Waals surface area contributed by atoms with Crippen molar-refractivity contribution in [1.82, 2.24) is 15.2 Å². The number of nitrogens with zero attached hydrogens (tertiary/aromatic N) is 1. The number of hydrogen-bond donors (Lipinski definition) is 2. The fraction of sp³-hybridized carbons (Fsp3) is 0.241. The lowest BCUT2D eigenvalue weighted by Crippen LogP contribution is -2.22. The Morgan fingerprint density at radius 3 is 2.51 bits per heavy atom. The van der Waals surface area contributed by atoms with Crippen molar-refractivity contribution < 1.29 is 19.1 Å². The van der Waals surface area contributed by atoms with Crippen LogP contribution in [0.3, 0.4) is 0 Å². The van der Waals surface area contributed by atoms with Crippen LogP contribution in [0.2, 0.25) is 5.02 Å². The third kappa shape index (κ3) is 4.73. The monoisotopic (exact) mass is 517 g/mol. The first-order valence-electron chi connectivity index (χ1n) is 12.1. The van der Waals surface area contributed by atoms with E-state index in [2.05, 4.69) is 21.3 Å². The van der Waals surface area contributed by atoms with Crippen molar-refractivity contribution in [3.8, 4) is 5.75 Å². The zero-order valence-electron chi connectivity index (χ0n) is 21.0. The molecule has 0 spiro atoms. The summed E-state index contributed by atoms with van der Waals surface area (Å²) in [5.41, 5.74) is 3.57. The number of H-pyrrole nitrogens is 1. The third-order valence-corrected chi connectivity index (χ3v) is 6.73. The van der Waals surface area contributed by atoms with Gasteiger partial charge in [0.05, 0.1) is 23.3 Å². The number of aromatic nitrogens is 1. The lowest BCUT2D eigenvalue weighted by atomic mass is 9.91.